The van der Waals surface area contributed by atoms with Crippen LogP contribution in [0.15, 0.2) is 28.7 Å². The summed E-state index contributed by atoms with van der Waals surface area (Å²) in [4.78, 5) is 0. The molecule has 1 fully saturated rings. The third-order valence-corrected chi connectivity index (χ3v) is 3.85. The summed E-state index contributed by atoms with van der Waals surface area (Å²) < 4.78 is 24.5. The van der Waals surface area contributed by atoms with Gasteiger partial charge in [0.2, 0.25) is 0 Å². The zero-order valence-corrected chi connectivity index (χ0v) is 11.0. The van der Waals surface area contributed by atoms with Crippen LogP contribution in [0.5, 0.6) is 0 Å². The predicted octanol–water partition coefficient (Wildman–Crippen LogP) is 3.26. The first-order chi connectivity index (χ1) is 9.28. The number of furan rings is 1. The minimum Gasteiger partial charge on any atom is -0.459 e. The van der Waals surface area contributed by atoms with Crippen molar-refractivity contribution in [3.63, 3.8) is 0 Å². The molecule has 1 N–H and O–H groups in total. The van der Waals surface area contributed by atoms with Gasteiger partial charge in [0.1, 0.15) is 17.2 Å². The van der Waals surface area contributed by atoms with E-state index in [0.29, 0.717) is 5.92 Å². The first-order valence-corrected chi connectivity index (χ1v) is 6.72. The molecule has 19 heavy (non-hydrogen) atoms. The topological polar surface area (TPSA) is 34.4 Å². The summed E-state index contributed by atoms with van der Waals surface area (Å²) in [6.45, 7) is 1.61. The lowest BCUT2D eigenvalue weighted by Gasteiger charge is -2.28. The Balaban J connectivity index is 1.91. The van der Waals surface area contributed by atoms with E-state index in [2.05, 4.69) is 5.32 Å². The van der Waals surface area contributed by atoms with E-state index in [-0.39, 0.29) is 11.9 Å². The zero-order chi connectivity index (χ0) is 13.2. The fourth-order valence-electron chi connectivity index (χ4n) is 2.85. The van der Waals surface area contributed by atoms with E-state index in [0.717, 1.165) is 42.8 Å². The van der Waals surface area contributed by atoms with Gasteiger partial charge in [-0.15, -0.1) is 0 Å². The molecule has 1 saturated heterocycles. The summed E-state index contributed by atoms with van der Waals surface area (Å²) >= 11 is 0. The highest BCUT2D eigenvalue weighted by atomic mass is 19.1. The maximum atomic E-state index is 13.2. The molecule has 0 bridgehead atoms. The Bertz CT molecular complexity index is 560. The zero-order valence-electron chi connectivity index (χ0n) is 11.0. The summed E-state index contributed by atoms with van der Waals surface area (Å²) in [5, 5.41) is 4.14. The van der Waals surface area contributed by atoms with Crippen LogP contribution in [-0.4, -0.2) is 20.3 Å². The SMILES string of the molecule is CNC(c1cc2cc(F)ccc2o1)C1CCOCC1. The van der Waals surface area contributed by atoms with E-state index in [4.69, 9.17) is 9.15 Å². The molecule has 2 heterocycles. The van der Waals surface area contributed by atoms with Crippen molar-refractivity contribution in [2.45, 2.75) is 18.9 Å². The quantitative estimate of drug-likeness (QED) is 0.923. The standard InChI is InChI=1S/C15H18FNO2/c1-17-15(10-4-6-18-7-5-10)14-9-11-8-12(16)2-3-13(11)19-14/h2-3,8-10,15,17H,4-7H2,1H3. The van der Waals surface area contributed by atoms with Gasteiger partial charge in [-0.3, -0.25) is 0 Å². The highest BCUT2D eigenvalue weighted by Gasteiger charge is 2.26. The molecule has 0 aliphatic carbocycles. The second-order valence-corrected chi connectivity index (χ2v) is 5.05. The molecule has 4 heteroatoms. The maximum absolute atomic E-state index is 13.2. The van der Waals surface area contributed by atoms with Crippen molar-refractivity contribution in [2.75, 3.05) is 20.3 Å². The van der Waals surface area contributed by atoms with Crippen LogP contribution in [0.2, 0.25) is 0 Å². The van der Waals surface area contributed by atoms with E-state index >= 15 is 0 Å². The number of fused-ring (bicyclic) bond motifs is 1. The number of nitrogens with one attached hydrogen (secondary N) is 1. The summed E-state index contributed by atoms with van der Waals surface area (Å²) in [6.07, 6.45) is 2.05. The molecule has 0 amide bonds. The van der Waals surface area contributed by atoms with Crippen LogP contribution in [0.3, 0.4) is 0 Å². The Labute approximate surface area is 111 Å². The summed E-state index contributed by atoms with van der Waals surface area (Å²) in [6, 6.07) is 6.73. The summed E-state index contributed by atoms with van der Waals surface area (Å²) in [7, 11) is 1.94. The lowest BCUT2D eigenvalue weighted by Crippen LogP contribution is -2.29. The summed E-state index contributed by atoms with van der Waals surface area (Å²) in [5.74, 6) is 1.16. The van der Waals surface area contributed by atoms with Gasteiger partial charge in [0, 0.05) is 18.6 Å². The average molecular weight is 263 g/mol. The van der Waals surface area contributed by atoms with Gasteiger partial charge in [0.05, 0.1) is 6.04 Å². The van der Waals surface area contributed by atoms with Crippen molar-refractivity contribution in [3.05, 3.63) is 35.8 Å². The van der Waals surface area contributed by atoms with E-state index in [1.165, 1.54) is 12.1 Å². The van der Waals surface area contributed by atoms with Gasteiger partial charge in [0.25, 0.3) is 0 Å². The van der Waals surface area contributed by atoms with E-state index < -0.39 is 0 Å². The first kappa shape index (κ1) is 12.6. The molecule has 3 nitrogen and oxygen atoms in total. The Morgan fingerprint density at radius 3 is 2.79 bits per heavy atom. The number of hydrogen-bond acceptors (Lipinski definition) is 3. The Morgan fingerprint density at radius 2 is 2.05 bits per heavy atom. The van der Waals surface area contributed by atoms with E-state index in [1.807, 2.05) is 13.1 Å². The van der Waals surface area contributed by atoms with Crippen LogP contribution in [0.4, 0.5) is 4.39 Å². The lowest BCUT2D eigenvalue weighted by atomic mass is 9.90. The number of halogens is 1. The number of rotatable bonds is 3. The third kappa shape index (κ3) is 2.51. The molecule has 1 aliphatic heterocycles. The smallest absolute Gasteiger partial charge is 0.134 e. The minimum atomic E-state index is -0.230. The molecule has 102 valence electrons. The molecule has 1 unspecified atom stereocenters. The summed E-state index contributed by atoms with van der Waals surface area (Å²) in [5.41, 5.74) is 0.740. The van der Waals surface area contributed by atoms with Crippen molar-refractivity contribution in [1.82, 2.24) is 5.32 Å². The fraction of sp³-hybridized carbons (Fsp3) is 0.467. The molecule has 0 radical (unpaired) electrons. The molecule has 3 rings (SSSR count). The predicted molar refractivity (Wildman–Crippen MR) is 71.5 cm³/mol. The number of benzene rings is 1. The second kappa shape index (κ2) is 5.31. The van der Waals surface area contributed by atoms with Gasteiger partial charge in [-0.1, -0.05) is 0 Å². The van der Waals surface area contributed by atoms with E-state index in [1.54, 1.807) is 6.07 Å². The van der Waals surface area contributed by atoms with E-state index in [9.17, 15) is 4.39 Å². The Kier molecular flexibility index (Phi) is 3.53. The minimum absolute atomic E-state index is 0.166. The number of hydrogen-bond donors (Lipinski definition) is 1. The van der Waals surface area contributed by atoms with Crippen molar-refractivity contribution < 1.29 is 13.5 Å². The van der Waals surface area contributed by atoms with Gasteiger partial charge >= 0.3 is 0 Å². The molecular formula is C15H18FNO2. The lowest BCUT2D eigenvalue weighted by molar-refractivity contribution is 0.0520. The highest BCUT2D eigenvalue weighted by molar-refractivity contribution is 5.78. The molecule has 0 spiro atoms. The molecule has 1 atom stereocenters. The normalized spacial score (nSPS) is 18.8. The fourth-order valence-corrected chi connectivity index (χ4v) is 2.85. The molecule has 1 aromatic heterocycles. The Hall–Kier alpha value is -1.39. The largest absolute Gasteiger partial charge is 0.459 e. The third-order valence-electron chi connectivity index (χ3n) is 3.85. The monoisotopic (exact) mass is 263 g/mol. The second-order valence-electron chi connectivity index (χ2n) is 5.05. The van der Waals surface area contributed by atoms with Crippen molar-refractivity contribution >= 4 is 11.0 Å². The maximum Gasteiger partial charge on any atom is 0.134 e. The van der Waals surface area contributed by atoms with Gasteiger partial charge in [0.15, 0.2) is 0 Å². The van der Waals surface area contributed by atoms with Gasteiger partial charge in [-0.25, -0.2) is 4.39 Å². The van der Waals surface area contributed by atoms with Crippen LogP contribution in [0.1, 0.15) is 24.6 Å². The van der Waals surface area contributed by atoms with Gasteiger partial charge < -0.3 is 14.5 Å². The van der Waals surface area contributed by atoms with Crippen LogP contribution in [-0.2, 0) is 4.74 Å². The molecule has 1 aliphatic rings. The van der Waals surface area contributed by atoms with Crippen LogP contribution in [0, 0.1) is 11.7 Å². The van der Waals surface area contributed by atoms with Crippen molar-refractivity contribution in [3.8, 4) is 0 Å². The molecule has 0 saturated carbocycles. The average Bonchev–Trinajstić information content (AvgIpc) is 2.83. The van der Waals surface area contributed by atoms with Gasteiger partial charge in [-0.2, -0.15) is 0 Å². The highest BCUT2D eigenvalue weighted by Crippen LogP contribution is 2.33. The molecular weight excluding hydrogens is 245 g/mol. The molecule has 2 aromatic rings. The van der Waals surface area contributed by atoms with Crippen LogP contribution < -0.4 is 5.32 Å². The van der Waals surface area contributed by atoms with Crippen molar-refractivity contribution in [2.24, 2.45) is 5.92 Å². The van der Waals surface area contributed by atoms with Crippen molar-refractivity contribution in [1.29, 1.82) is 0 Å². The molecule has 1 aromatic carbocycles. The van der Waals surface area contributed by atoms with Crippen LogP contribution >= 0.6 is 0 Å². The van der Waals surface area contributed by atoms with Gasteiger partial charge in [-0.05, 0) is 50.1 Å². The van der Waals surface area contributed by atoms with Crippen LogP contribution in [0.25, 0.3) is 11.0 Å². The first-order valence-electron chi connectivity index (χ1n) is 6.72. The number of ether oxygens (including phenoxy) is 1. The Morgan fingerprint density at radius 1 is 1.26 bits per heavy atom.